The summed E-state index contributed by atoms with van der Waals surface area (Å²) in [7, 11) is 0. The lowest BCUT2D eigenvalue weighted by atomic mass is 10.1. The number of nitrogens with one attached hydrogen (secondary N) is 1. The standard InChI is InChI=1S/C18H9F7N4O3/c19-12-6-1-9(7-13(12)29(31)32)16(30)26-10-2-4-11(5-3-10)28-15(18(23,24)25)8-14(27-28)17(20,21)22/h1-8H,(H,26,30). The molecule has 3 aromatic rings. The van der Waals surface area contributed by atoms with Crippen molar-refractivity contribution in [2.24, 2.45) is 0 Å². The zero-order chi connectivity index (χ0) is 23.8. The Bertz CT molecular complexity index is 1180. The predicted molar refractivity (Wildman–Crippen MR) is 94.6 cm³/mol. The van der Waals surface area contributed by atoms with Crippen molar-refractivity contribution in [3.8, 4) is 5.69 Å². The first-order chi connectivity index (χ1) is 14.8. The summed E-state index contributed by atoms with van der Waals surface area (Å²) in [6.07, 6.45) is -10.2. The van der Waals surface area contributed by atoms with Crippen LogP contribution in [0.3, 0.4) is 0 Å². The summed E-state index contributed by atoms with van der Waals surface area (Å²) in [5.41, 5.74) is -4.97. The number of rotatable bonds is 4. The Kier molecular flexibility index (Phi) is 5.63. The Labute approximate surface area is 173 Å². The van der Waals surface area contributed by atoms with Gasteiger partial charge in [0.1, 0.15) is 5.69 Å². The number of halogens is 7. The smallest absolute Gasteiger partial charge is 0.322 e. The van der Waals surface area contributed by atoms with E-state index >= 15 is 0 Å². The molecule has 1 heterocycles. The third kappa shape index (κ3) is 4.68. The molecule has 1 aromatic heterocycles. The molecule has 32 heavy (non-hydrogen) atoms. The Hall–Kier alpha value is -3.97. The maximum atomic E-state index is 13.4. The number of anilines is 1. The fraction of sp³-hybridized carbons (Fsp3) is 0.111. The van der Waals surface area contributed by atoms with Crippen LogP contribution in [0.5, 0.6) is 0 Å². The van der Waals surface area contributed by atoms with Crippen LogP contribution in [0.4, 0.5) is 42.1 Å². The van der Waals surface area contributed by atoms with Crippen LogP contribution in [0.1, 0.15) is 21.7 Å². The van der Waals surface area contributed by atoms with Crippen LogP contribution in [-0.2, 0) is 12.4 Å². The Morgan fingerprint density at radius 1 is 0.969 bits per heavy atom. The second-order valence-corrected chi connectivity index (χ2v) is 6.25. The van der Waals surface area contributed by atoms with Gasteiger partial charge in [-0.2, -0.15) is 35.8 Å². The second kappa shape index (κ2) is 7.94. The molecule has 0 radical (unpaired) electrons. The third-order valence-electron chi connectivity index (χ3n) is 4.06. The van der Waals surface area contributed by atoms with Crippen molar-refractivity contribution < 1.29 is 40.5 Å². The number of hydrogen-bond donors (Lipinski definition) is 1. The summed E-state index contributed by atoms with van der Waals surface area (Å²) < 4.78 is 91.2. The van der Waals surface area contributed by atoms with Crippen molar-refractivity contribution in [3.05, 3.63) is 81.4 Å². The van der Waals surface area contributed by atoms with Gasteiger partial charge < -0.3 is 5.32 Å². The average Bonchev–Trinajstić information content (AvgIpc) is 3.15. The highest BCUT2D eigenvalue weighted by molar-refractivity contribution is 6.04. The van der Waals surface area contributed by atoms with Crippen molar-refractivity contribution in [1.29, 1.82) is 0 Å². The number of aromatic nitrogens is 2. The molecule has 1 amide bonds. The van der Waals surface area contributed by atoms with E-state index in [0.717, 1.165) is 30.3 Å². The van der Waals surface area contributed by atoms with E-state index in [-0.39, 0.29) is 27.7 Å². The van der Waals surface area contributed by atoms with E-state index in [1.54, 1.807) is 0 Å². The third-order valence-corrected chi connectivity index (χ3v) is 4.06. The van der Waals surface area contributed by atoms with Crippen LogP contribution in [0, 0.1) is 15.9 Å². The maximum absolute atomic E-state index is 13.4. The molecule has 7 nitrogen and oxygen atoms in total. The predicted octanol–water partition coefficient (Wildman–Crippen LogP) is 5.21. The zero-order valence-corrected chi connectivity index (χ0v) is 15.3. The number of hydrogen-bond acceptors (Lipinski definition) is 4. The van der Waals surface area contributed by atoms with Crippen molar-refractivity contribution in [2.45, 2.75) is 12.4 Å². The van der Waals surface area contributed by atoms with E-state index in [4.69, 9.17) is 0 Å². The average molecular weight is 462 g/mol. The molecule has 0 saturated heterocycles. The lowest BCUT2D eigenvalue weighted by Gasteiger charge is -2.11. The van der Waals surface area contributed by atoms with Gasteiger partial charge in [-0.1, -0.05) is 0 Å². The normalized spacial score (nSPS) is 12.0. The van der Waals surface area contributed by atoms with Crippen LogP contribution in [0.25, 0.3) is 5.69 Å². The summed E-state index contributed by atoms with van der Waals surface area (Å²) in [4.78, 5) is 21.9. The molecule has 1 N–H and O–H groups in total. The van der Waals surface area contributed by atoms with E-state index < -0.39 is 46.1 Å². The lowest BCUT2D eigenvalue weighted by molar-refractivity contribution is -0.387. The van der Waals surface area contributed by atoms with Gasteiger partial charge in [-0.15, -0.1) is 0 Å². The zero-order valence-electron chi connectivity index (χ0n) is 15.3. The summed E-state index contributed by atoms with van der Waals surface area (Å²) in [6.45, 7) is 0. The molecule has 0 spiro atoms. The van der Waals surface area contributed by atoms with Gasteiger partial charge in [0.2, 0.25) is 5.82 Å². The SMILES string of the molecule is O=C(Nc1ccc(-n2nc(C(F)(F)F)cc2C(F)(F)F)cc1)c1ccc(F)c([N+](=O)[O-])c1. The van der Waals surface area contributed by atoms with Gasteiger partial charge in [0.15, 0.2) is 5.69 Å². The van der Waals surface area contributed by atoms with Gasteiger partial charge in [-0.25, -0.2) is 4.68 Å². The van der Waals surface area contributed by atoms with Crippen LogP contribution >= 0.6 is 0 Å². The minimum atomic E-state index is -5.12. The largest absolute Gasteiger partial charge is 0.435 e. The highest BCUT2D eigenvalue weighted by atomic mass is 19.4. The molecule has 0 fully saturated rings. The molecule has 0 aliphatic carbocycles. The summed E-state index contributed by atoms with van der Waals surface area (Å²) in [6, 6.07) is 6.37. The molecule has 2 aromatic carbocycles. The van der Waals surface area contributed by atoms with E-state index in [1.165, 1.54) is 0 Å². The van der Waals surface area contributed by atoms with Crippen LogP contribution < -0.4 is 5.32 Å². The van der Waals surface area contributed by atoms with Crippen molar-refractivity contribution >= 4 is 17.3 Å². The van der Waals surface area contributed by atoms with Crippen LogP contribution in [-0.4, -0.2) is 20.6 Å². The van der Waals surface area contributed by atoms with E-state index in [9.17, 15) is 45.6 Å². The van der Waals surface area contributed by atoms with Crippen molar-refractivity contribution in [1.82, 2.24) is 9.78 Å². The lowest BCUT2D eigenvalue weighted by Crippen LogP contribution is -2.14. The van der Waals surface area contributed by atoms with Crippen molar-refractivity contribution in [3.63, 3.8) is 0 Å². The number of benzene rings is 2. The Morgan fingerprint density at radius 2 is 1.59 bits per heavy atom. The number of nitro groups is 1. The first-order valence-electron chi connectivity index (χ1n) is 8.37. The molecule has 3 rings (SSSR count). The topological polar surface area (TPSA) is 90.1 Å². The molecule has 0 atom stereocenters. The van der Waals surface area contributed by atoms with Gasteiger partial charge in [0.25, 0.3) is 5.91 Å². The monoisotopic (exact) mass is 462 g/mol. The molecule has 168 valence electrons. The van der Waals surface area contributed by atoms with Gasteiger partial charge in [0, 0.05) is 23.4 Å². The fourth-order valence-electron chi connectivity index (χ4n) is 2.60. The van der Waals surface area contributed by atoms with Gasteiger partial charge in [-0.3, -0.25) is 14.9 Å². The fourth-order valence-corrected chi connectivity index (χ4v) is 2.60. The number of carbonyl (C=O) groups is 1. The number of amides is 1. The first kappa shape index (κ1) is 22.7. The number of carbonyl (C=O) groups excluding carboxylic acids is 1. The van der Waals surface area contributed by atoms with Gasteiger partial charge in [-0.05, 0) is 36.4 Å². The first-order valence-corrected chi connectivity index (χ1v) is 8.37. The maximum Gasteiger partial charge on any atom is 0.435 e. The van der Waals surface area contributed by atoms with Gasteiger partial charge in [0.05, 0.1) is 10.6 Å². The molecular formula is C18H9F7N4O3. The molecule has 14 heteroatoms. The molecule has 0 bridgehead atoms. The second-order valence-electron chi connectivity index (χ2n) is 6.25. The molecule has 0 aliphatic heterocycles. The number of alkyl halides is 6. The highest BCUT2D eigenvalue weighted by Gasteiger charge is 2.42. The van der Waals surface area contributed by atoms with E-state index in [2.05, 4.69) is 10.4 Å². The number of nitro benzene ring substituents is 1. The van der Waals surface area contributed by atoms with Crippen LogP contribution in [0.2, 0.25) is 0 Å². The molecule has 0 unspecified atom stereocenters. The van der Waals surface area contributed by atoms with Gasteiger partial charge >= 0.3 is 18.0 Å². The molecule has 0 saturated carbocycles. The molecule has 0 aliphatic rings. The summed E-state index contributed by atoms with van der Waals surface area (Å²) in [5, 5.41) is 16.0. The minimum absolute atomic E-state index is 0.00230. The Morgan fingerprint density at radius 3 is 2.12 bits per heavy atom. The highest BCUT2D eigenvalue weighted by Crippen LogP contribution is 2.36. The van der Waals surface area contributed by atoms with E-state index in [1.807, 2.05) is 0 Å². The van der Waals surface area contributed by atoms with E-state index in [0.29, 0.717) is 12.1 Å². The quantitative estimate of drug-likeness (QED) is 0.328. The minimum Gasteiger partial charge on any atom is -0.322 e. The van der Waals surface area contributed by atoms with Crippen LogP contribution in [0.15, 0.2) is 48.5 Å². The molecular weight excluding hydrogens is 453 g/mol. The summed E-state index contributed by atoms with van der Waals surface area (Å²) in [5.74, 6) is -2.05. The van der Waals surface area contributed by atoms with Crippen molar-refractivity contribution in [2.75, 3.05) is 5.32 Å². The Balaban J connectivity index is 1.88. The summed E-state index contributed by atoms with van der Waals surface area (Å²) >= 11 is 0. The number of nitrogens with zero attached hydrogens (tertiary/aromatic N) is 3.